The summed E-state index contributed by atoms with van der Waals surface area (Å²) in [6.07, 6.45) is 0.704. The van der Waals surface area contributed by atoms with Gasteiger partial charge in [0, 0.05) is 35.9 Å². The van der Waals surface area contributed by atoms with E-state index in [9.17, 15) is 26.4 Å². The second-order valence-electron chi connectivity index (χ2n) is 12.0. The zero-order valence-corrected chi connectivity index (χ0v) is 28.4. The Kier molecular flexibility index (Phi) is 12.0. The Balaban J connectivity index is 1.72. The van der Waals surface area contributed by atoms with Gasteiger partial charge in [0.1, 0.15) is 6.61 Å². The lowest BCUT2D eigenvalue weighted by Gasteiger charge is -2.47. The van der Waals surface area contributed by atoms with Crippen LogP contribution < -0.4 is 9.64 Å². The third-order valence-electron chi connectivity index (χ3n) is 7.88. The molecule has 1 aromatic heterocycles. The van der Waals surface area contributed by atoms with Crippen molar-refractivity contribution >= 4 is 33.5 Å². The van der Waals surface area contributed by atoms with Crippen molar-refractivity contribution in [2.24, 2.45) is 0 Å². The van der Waals surface area contributed by atoms with Gasteiger partial charge in [0.15, 0.2) is 15.6 Å². The fraction of sp³-hybridized carbons (Fsp3) is 0.485. The van der Waals surface area contributed by atoms with Crippen LogP contribution in [0.25, 0.3) is 0 Å². The van der Waals surface area contributed by atoms with E-state index < -0.39 is 27.7 Å². The van der Waals surface area contributed by atoms with E-state index in [2.05, 4.69) is 9.97 Å². The van der Waals surface area contributed by atoms with Gasteiger partial charge in [-0.05, 0) is 68.9 Å². The van der Waals surface area contributed by atoms with Gasteiger partial charge in [-0.3, -0.25) is 0 Å². The number of nitrogens with zero attached hydrogens (tertiary/aromatic N) is 4. The summed E-state index contributed by atoms with van der Waals surface area (Å²) in [7, 11) is -3.24. The number of carbonyl (C=O) groups excluding carboxylic acids is 1. The monoisotopic (exact) mass is 696 g/mol. The van der Waals surface area contributed by atoms with Crippen molar-refractivity contribution in [3.8, 4) is 5.75 Å². The quantitative estimate of drug-likeness (QED) is 0.200. The third-order valence-corrected chi connectivity index (χ3v) is 9.01. The Morgan fingerprint density at radius 3 is 2.32 bits per heavy atom. The highest BCUT2D eigenvalue weighted by Gasteiger charge is 2.41. The number of aromatic nitrogens is 2. The molecule has 2 aromatic carbocycles. The van der Waals surface area contributed by atoms with Crippen LogP contribution in [0.2, 0.25) is 5.02 Å². The normalized spacial score (nSPS) is 18.7. The molecule has 0 unspecified atom stereocenters. The van der Waals surface area contributed by atoms with Crippen molar-refractivity contribution in [1.29, 1.82) is 0 Å². The molecular weight excluding hydrogens is 657 g/mol. The molecule has 14 heteroatoms. The van der Waals surface area contributed by atoms with Crippen LogP contribution in [0.1, 0.15) is 56.7 Å². The summed E-state index contributed by atoms with van der Waals surface area (Å²) in [5.74, 6) is 0.306. The molecule has 2 heterocycles. The Labute approximate surface area is 279 Å². The Morgan fingerprint density at radius 2 is 1.72 bits per heavy atom. The molecule has 1 fully saturated rings. The number of amides is 1. The van der Waals surface area contributed by atoms with Gasteiger partial charge in [0.2, 0.25) is 5.95 Å². The van der Waals surface area contributed by atoms with Crippen molar-refractivity contribution < 1.29 is 35.9 Å². The smallest absolute Gasteiger partial charge is 0.416 e. The van der Waals surface area contributed by atoms with Gasteiger partial charge < -0.3 is 19.3 Å². The largest absolute Gasteiger partial charge is 0.489 e. The van der Waals surface area contributed by atoms with Crippen molar-refractivity contribution in [2.75, 3.05) is 23.5 Å². The third kappa shape index (κ3) is 10.5. The molecule has 1 aliphatic heterocycles. The highest BCUT2D eigenvalue weighted by atomic mass is 35.5. The zero-order chi connectivity index (χ0) is 34.4. The molecule has 0 N–H and O–H groups in total. The lowest BCUT2D eigenvalue weighted by atomic mass is 9.86. The number of hydrogen-bond acceptors (Lipinski definition) is 8. The SMILES string of the molecule is CC[C@@H]1C[C@H](N(Cc2cc(Cl)cc(C(F)(F)F)c2)c2ncc(OCCS(C)(=O)=O)cn2)C[C@H](Cc2ccccc2)N1C(=O)OC(C)C. The number of anilines is 1. The second kappa shape index (κ2) is 15.5. The van der Waals surface area contributed by atoms with Gasteiger partial charge in [0.05, 0.1) is 29.8 Å². The molecule has 0 radical (unpaired) electrons. The number of likely N-dealkylation sites (tertiary alicyclic amines) is 1. The molecule has 47 heavy (non-hydrogen) atoms. The van der Waals surface area contributed by atoms with Crippen LogP contribution in [0.3, 0.4) is 0 Å². The van der Waals surface area contributed by atoms with E-state index in [1.54, 1.807) is 13.8 Å². The van der Waals surface area contributed by atoms with Crippen LogP contribution in [0.15, 0.2) is 60.9 Å². The van der Waals surface area contributed by atoms with Crippen molar-refractivity contribution in [1.82, 2.24) is 14.9 Å². The molecule has 0 bridgehead atoms. The topological polar surface area (TPSA) is 102 Å². The number of alkyl halides is 3. The summed E-state index contributed by atoms with van der Waals surface area (Å²) in [4.78, 5) is 26.1. The molecule has 0 saturated carbocycles. The van der Waals surface area contributed by atoms with E-state index >= 15 is 0 Å². The standard InChI is InChI=1S/C33H40ClF3N4O5S/c1-5-27-17-28(18-29(15-23-9-7-6-8-10-23)41(27)32(42)46-22(2)3)40(21-24-13-25(33(35,36)37)16-26(34)14-24)31-38-19-30(20-39-31)45-11-12-47(4,43)44/h6-10,13-14,16,19-20,22,27-29H,5,11-12,15,17-18,21H2,1-4H3/t27-,28+,29+/m1/s1. The van der Waals surface area contributed by atoms with Gasteiger partial charge in [-0.25, -0.2) is 23.2 Å². The lowest BCUT2D eigenvalue weighted by molar-refractivity contribution is -0.137. The van der Waals surface area contributed by atoms with Gasteiger partial charge in [-0.2, -0.15) is 13.2 Å². The maximum atomic E-state index is 13.7. The number of carbonyl (C=O) groups is 1. The maximum Gasteiger partial charge on any atom is 0.416 e. The first-order chi connectivity index (χ1) is 22.1. The minimum Gasteiger partial charge on any atom is -0.489 e. The number of sulfone groups is 1. The molecule has 4 rings (SSSR count). The first-order valence-corrected chi connectivity index (χ1v) is 17.9. The first kappa shape index (κ1) is 36.3. The van der Waals surface area contributed by atoms with E-state index in [1.165, 1.54) is 18.5 Å². The Bertz CT molecular complexity index is 1590. The number of piperidine rings is 1. The number of hydrogen-bond donors (Lipinski definition) is 0. The van der Waals surface area contributed by atoms with Crippen LogP contribution in [-0.4, -0.2) is 72.2 Å². The molecule has 1 saturated heterocycles. The second-order valence-corrected chi connectivity index (χ2v) is 14.7. The van der Waals surface area contributed by atoms with E-state index in [0.717, 1.165) is 24.0 Å². The predicted molar refractivity (Wildman–Crippen MR) is 174 cm³/mol. The van der Waals surface area contributed by atoms with Gasteiger partial charge >= 0.3 is 12.3 Å². The zero-order valence-electron chi connectivity index (χ0n) is 26.8. The molecule has 1 aliphatic rings. The Morgan fingerprint density at radius 1 is 1.06 bits per heavy atom. The maximum absolute atomic E-state index is 13.7. The fourth-order valence-corrected chi connectivity index (χ4v) is 6.45. The number of benzene rings is 2. The predicted octanol–water partition coefficient (Wildman–Crippen LogP) is 6.98. The van der Waals surface area contributed by atoms with E-state index in [4.69, 9.17) is 21.1 Å². The molecule has 1 amide bonds. The molecule has 3 aromatic rings. The van der Waals surface area contributed by atoms with Crippen LogP contribution in [0.5, 0.6) is 5.75 Å². The number of ether oxygens (including phenoxy) is 2. The molecule has 256 valence electrons. The highest BCUT2D eigenvalue weighted by Crippen LogP contribution is 2.36. The lowest BCUT2D eigenvalue weighted by Crippen LogP contribution is -2.58. The van der Waals surface area contributed by atoms with Crippen molar-refractivity contribution in [2.45, 2.75) is 83.4 Å². The summed E-state index contributed by atoms with van der Waals surface area (Å²) < 4.78 is 75.4. The summed E-state index contributed by atoms with van der Waals surface area (Å²) >= 11 is 6.16. The molecule has 0 aliphatic carbocycles. The summed E-state index contributed by atoms with van der Waals surface area (Å²) in [5, 5.41) is -0.0510. The molecular formula is C33H40ClF3N4O5S. The summed E-state index contributed by atoms with van der Waals surface area (Å²) in [5.41, 5.74) is 0.477. The number of rotatable bonds is 12. The van der Waals surface area contributed by atoms with Crippen LogP contribution in [0.4, 0.5) is 23.9 Å². The minimum atomic E-state index is -4.60. The van der Waals surface area contributed by atoms with E-state index in [0.29, 0.717) is 31.2 Å². The highest BCUT2D eigenvalue weighted by molar-refractivity contribution is 7.90. The van der Waals surface area contributed by atoms with E-state index in [-0.39, 0.29) is 59.9 Å². The van der Waals surface area contributed by atoms with Gasteiger partial charge in [-0.1, -0.05) is 48.9 Å². The molecule has 3 atom stereocenters. The fourth-order valence-electron chi connectivity index (χ4n) is 5.80. The summed E-state index contributed by atoms with van der Waals surface area (Å²) in [6.45, 7) is 5.50. The molecule has 9 nitrogen and oxygen atoms in total. The van der Waals surface area contributed by atoms with Crippen molar-refractivity contribution in [3.05, 3.63) is 82.6 Å². The van der Waals surface area contributed by atoms with Crippen LogP contribution in [-0.2, 0) is 33.7 Å². The van der Waals surface area contributed by atoms with Gasteiger partial charge in [0.25, 0.3) is 0 Å². The summed E-state index contributed by atoms with van der Waals surface area (Å²) in [6, 6.07) is 12.4. The average Bonchev–Trinajstić information content (AvgIpc) is 2.98. The minimum absolute atomic E-state index is 0.00746. The average molecular weight is 697 g/mol. The Hall–Kier alpha value is -3.58. The first-order valence-electron chi connectivity index (χ1n) is 15.4. The van der Waals surface area contributed by atoms with Crippen molar-refractivity contribution in [3.63, 3.8) is 0 Å². The van der Waals surface area contributed by atoms with Crippen LogP contribution in [0, 0.1) is 0 Å². The molecule has 0 spiro atoms. The van der Waals surface area contributed by atoms with E-state index in [1.807, 2.05) is 47.1 Å². The van der Waals surface area contributed by atoms with Gasteiger partial charge in [-0.15, -0.1) is 0 Å². The number of halogens is 4. The van der Waals surface area contributed by atoms with Crippen LogP contribution >= 0.6 is 11.6 Å².